The van der Waals surface area contributed by atoms with E-state index in [1.807, 2.05) is 48.5 Å². The molecule has 1 heterocycles. The highest BCUT2D eigenvalue weighted by Crippen LogP contribution is 2.41. The van der Waals surface area contributed by atoms with Gasteiger partial charge in [0.15, 0.2) is 6.04 Å². The maximum atomic E-state index is 11.9. The number of carbonyl (C=O) groups is 1. The average Bonchev–Trinajstić information content (AvgIpc) is 2.94. The molecule has 5 nitrogen and oxygen atoms in total. The van der Waals surface area contributed by atoms with Crippen LogP contribution in [0.15, 0.2) is 54.6 Å². The van der Waals surface area contributed by atoms with E-state index < -0.39 is 18.2 Å². The first kappa shape index (κ1) is 18.9. The number of carbonyl (C=O) groups excluding carboxylic acids is 1. The number of rotatable bonds is 5. The number of halogens is 1. The molecule has 4 atom stereocenters. The summed E-state index contributed by atoms with van der Waals surface area (Å²) in [6.07, 6.45) is -0.0646. The first-order valence-electron chi connectivity index (χ1n) is 8.74. The lowest BCUT2D eigenvalue weighted by Crippen LogP contribution is -2.51. The molecule has 0 spiro atoms. The highest BCUT2D eigenvalue weighted by molar-refractivity contribution is 6.30. The van der Waals surface area contributed by atoms with Crippen LogP contribution >= 0.6 is 11.6 Å². The van der Waals surface area contributed by atoms with Crippen molar-refractivity contribution in [2.24, 2.45) is 0 Å². The van der Waals surface area contributed by atoms with Gasteiger partial charge in [0.1, 0.15) is 25.2 Å². The summed E-state index contributed by atoms with van der Waals surface area (Å²) in [6, 6.07) is 15.9. The van der Waals surface area contributed by atoms with Gasteiger partial charge in [0.25, 0.3) is 0 Å². The normalized spacial score (nSPS) is 24.8. The van der Waals surface area contributed by atoms with E-state index in [1.165, 1.54) is 6.92 Å². The van der Waals surface area contributed by atoms with E-state index in [9.17, 15) is 15.1 Å². The van der Waals surface area contributed by atoms with Crippen molar-refractivity contribution in [3.63, 3.8) is 0 Å². The van der Waals surface area contributed by atoms with Gasteiger partial charge in [-0.1, -0.05) is 54.1 Å². The fraction of sp³-hybridized carbons (Fsp3) is 0.350. The summed E-state index contributed by atoms with van der Waals surface area (Å²) in [5.74, 6) is -0.183. The van der Waals surface area contributed by atoms with E-state index in [0.29, 0.717) is 18.0 Å². The lowest BCUT2D eigenvalue weighted by Gasteiger charge is -2.39. The summed E-state index contributed by atoms with van der Waals surface area (Å²) in [5, 5.41) is 25.0. The van der Waals surface area contributed by atoms with E-state index in [2.05, 4.69) is 5.32 Å². The molecule has 3 rings (SSSR count). The van der Waals surface area contributed by atoms with Crippen molar-refractivity contribution < 1.29 is 19.8 Å². The predicted molar refractivity (Wildman–Crippen MR) is 99.6 cm³/mol. The van der Waals surface area contributed by atoms with Crippen molar-refractivity contribution in [3.05, 3.63) is 70.7 Å². The van der Waals surface area contributed by atoms with Crippen molar-refractivity contribution in [3.8, 4) is 0 Å². The van der Waals surface area contributed by atoms with Crippen molar-refractivity contribution >= 4 is 17.5 Å². The van der Waals surface area contributed by atoms with E-state index in [0.717, 1.165) is 11.1 Å². The maximum Gasteiger partial charge on any atom is 0.217 e. The Bertz CT molecular complexity index is 771. The van der Waals surface area contributed by atoms with Crippen LogP contribution in [0, 0.1) is 0 Å². The van der Waals surface area contributed by atoms with Crippen LogP contribution in [0.2, 0.25) is 5.02 Å². The Labute approximate surface area is 158 Å². The molecule has 1 aliphatic rings. The van der Waals surface area contributed by atoms with Crippen LogP contribution in [0.3, 0.4) is 0 Å². The minimum Gasteiger partial charge on any atom is -0.387 e. The molecule has 3 N–H and O–H groups in total. The van der Waals surface area contributed by atoms with E-state index >= 15 is 0 Å². The van der Waals surface area contributed by atoms with Crippen molar-refractivity contribution in [1.82, 2.24) is 5.32 Å². The molecule has 0 bridgehead atoms. The lowest BCUT2D eigenvalue weighted by molar-refractivity contribution is -1.12. The van der Waals surface area contributed by atoms with Crippen molar-refractivity contribution in [2.45, 2.75) is 31.5 Å². The third kappa shape index (κ3) is 4.07. The number of aliphatic hydroxyl groups is 1. The first-order valence-corrected chi connectivity index (χ1v) is 9.12. The molecule has 0 radical (unpaired) electrons. The monoisotopic (exact) mass is 375 g/mol. The third-order valence-corrected chi connectivity index (χ3v) is 5.15. The van der Waals surface area contributed by atoms with E-state index in [-0.39, 0.29) is 17.1 Å². The number of nitrogens with one attached hydrogen (secondary N) is 1. The Balaban J connectivity index is 2.12. The fourth-order valence-electron chi connectivity index (χ4n) is 3.83. The van der Waals surface area contributed by atoms with Crippen LogP contribution in [0.1, 0.15) is 36.6 Å². The zero-order chi connectivity index (χ0) is 18.7. The molecule has 1 aliphatic heterocycles. The predicted octanol–water partition coefficient (Wildman–Crippen LogP) is 3.23. The number of hydrogen-bond donors (Lipinski definition) is 3. The summed E-state index contributed by atoms with van der Waals surface area (Å²) in [4.78, 5) is 11.9. The summed E-state index contributed by atoms with van der Waals surface area (Å²) in [6.45, 7) is 2.08. The fourth-order valence-corrected chi connectivity index (χ4v) is 4.03. The Kier molecular flexibility index (Phi) is 5.63. The van der Waals surface area contributed by atoms with Gasteiger partial charge in [-0.3, -0.25) is 4.79 Å². The van der Waals surface area contributed by atoms with Gasteiger partial charge < -0.3 is 10.4 Å². The number of hydrogen-bond acceptors (Lipinski definition) is 3. The van der Waals surface area contributed by atoms with Crippen LogP contribution in [0.4, 0.5) is 0 Å². The second-order valence-corrected chi connectivity index (χ2v) is 7.36. The largest absolute Gasteiger partial charge is 0.387 e. The smallest absolute Gasteiger partial charge is 0.217 e. The van der Waals surface area contributed by atoms with Gasteiger partial charge in [-0.2, -0.15) is 4.65 Å². The van der Waals surface area contributed by atoms with Gasteiger partial charge >= 0.3 is 0 Å². The number of benzene rings is 2. The Morgan fingerprint density at radius 2 is 1.88 bits per heavy atom. The maximum absolute atomic E-state index is 11.9. The molecular formula is C20H24ClN2O3+. The minimum absolute atomic E-state index is 0.183. The number of amides is 1. The second-order valence-electron chi connectivity index (χ2n) is 6.92. The number of likely N-dealkylation sites (tertiary alicyclic amines) is 1. The van der Waals surface area contributed by atoms with E-state index in [4.69, 9.17) is 11.6 Å². The van der Waals surface area contributed by atoms with Crippen LogP contribution in [-0.2, 0) is 4.79 Å². The molecule has 0 aromatic heterocycles. The molecule has 1 amide bonds. The topological polar surface area (TPSA) is 69.6 Å². The SMILES string of the molecule is CC(=O)N[C@@H](c1ccccc1)C(c1cccc(Cl)c1)[N+]1(O)CC[C@H](O)C1. The molecule has 1 fully saturated rings. The quantitative estimate of drug-likeness (QED) is 0.703. The van der Waals surface area contributed by atoms with E-state index in [1.54, 1.807) is 6.07 Å². The molecule has 2 aromatic rings. The summed E-state index contributed by atoms with van der Waals surface area (Å²) < 4.78 is -0.346. The molecule has 0 aliphatic carbocycles. The first-order chi connectivity index (χ1) is 12.4. The Morgan fingerprint density at radius 1 is 1.19 bits per heavy atom. The molecule has 26 heavy (non-hydrogen) atoms. The molecule has 1 saturated heterocycles. The molecular weight excluding hydrogens is 352 g/mol. The molecule has 6 heteroatoms. The van der Waals surface area contributed by atoms with Gasteiger partial charge in [0.2, 0.25) is 5.91 Å². The third-order valence-electron chi connectivity index (χ3n) is 4.92. The van der Waals surface area contributed by atoms with Crippen LogP contribution in [0.5, 0.6) is 0 Å². The average molecular weight is 376 g/mol. The van der Waals surface area contributed by atoms with Crippen LogP contribution in [-0.4, -0.2) is 40.1 Å². The second kappa shape index (κ2) is 7.76. The molecule has 138 valence electrons. The number of hydroxylamine groups is 3. The zero-order valence-corrected chi connectivity index (χ0v) is 15.4. The number of aliphatic hydroxyl groups excluding tert-OH is 1. The van der Waals surface area contributed by atoms with Crippen molar-refractivity contribution in [1.29, 1.82) is 0 Å². The highest BCUT2D eigenvalue weighted by Gasteiger charge is 2.49. The molecule has 2 aromatic carbocycles. The summed E-state index contributed by atoms with van der Waals surface area (Å²) in [7, 11) is 0. The molecule has 0 saturated carbocycles. The van der Waals surface area contributed by atoms with Gasteiger partial charge in [-0.05, 0) is 17.7 Å². The van der Waals surface area contributed by atoms with Crippen LogP contribution in [0.25, 0.3) is 0 Å². The van der Waals surface area contributed by atoms with Gasteiger partial charge in [-0.15, -0.1) is 0 Å². The Hall–Kier alpha value is -1.92. The minimum atomic E-state index is -0.574. The zero-order valence-electron chi connectivity index (χ0n) is 14.7. The van der Waals surface area contributed by atoms with Gasteiger partial charge in [0.05, 0.1) is 0 Å². The summed E-state index contributed by atoms with van der Waals surface area (Å²) >= 11 is 6.20. The highest BCUT2D eigenvalue weighted by atomic mass is 35.5. The summed E-state index contributed by atoms with van der Waals surface area (Å²) in [5.41, 5.74) is 1.71. The van der Waals surface area contributed by atoms with Gasteiger partial charge in [-0.25, -0.2) is 5.21 Å². The number of quaternary nitrogens is 1. The number of nitrogens with zero attached hydrogens (tertiary/aromatic N) is 1. The Morgan fingerprint density at radius 3 is 2.46 bits per heavy atom. The van der Waals surface area contributed by atoms with Crippen molar-refractivity contribution in [2.75, 3.05) is 13.1 Å². The van der Waals surface area contributed by atoms with Crippen LogP contribution < -0.4 is 5.32 Å². The molecule has 2 unspecified atom stereocenters. The van der Waals surface area contributed by atoms with Gasteiger partial charge in [0, 0.05) is 23.9 Å². The lowest BCUT2D eigenvalue weighted by atomic mass is 9.91. The standard InChI is InChI=1S/C20H23ClN2O3/c1-14(24)22-19(15-6-3-2-4-7-15)20(16-8-5-9-17(21)12-16)23(26)11-10-18(25)13-23/h2-9,12,18-20,25-26H,10-11,13H2,1H3/p+1/t18-,19-,20?,23?/m0/s1.